The Hall–Kier alpha value is -2.11. The number of hydrogen-bond acceptors (Lipinski definition) is 6. The molecule has 0 heterocycles. The predicted octanol–water partition coefficient (Wildman–Crippen LogP) is 16.4. The van der Waals surface area contributed by atoms with Crippen LogP contribution in [0.4, 0.5) is 0 Å². The Morgan fingerprint density at radius 1 is 0.328 bits per heavy atom. The van der Waals surface area contributed by atoms with E-state index in [4.69, 9.17) is 14.2 Å². The van der Waals surface area contributed by atoms with Gasteiger partial charge < -0.3 is 14.2 Å². The van der Waals surface area contributed by atoms with Crippen LogP contribution in [0.3, 0.4) is 0 Å². The predicted molar refractivity (Wildman–Crippen MR) is 247 cm³/mol. The number of ether oxygens (including phenoxy) is 3. The van der Waals surface area contributed by atoms with Crippen LogP contribution in [0.2, 0.25) is 0 Å². The molecule has 1 unspecified atom stereocenters. The molecule has 0 aromatic rings. The third-order valence-corrected chi connectivity index (χ3v) is 11.2. The number of esters is 3. The zero-order valence-corrected chi connectivity index (χ0v) is 38.8. The van der Waals surface area contributed by atoms with Gasteiger partial charge in [-0.1, -0.05) is 212 Å². The van der Waals surface area contributed by atoms with Gasteiger partial charge in [0.25, 0.3) is 0 Å². The first-order chi connectivity index (χ1) is 28.5. The van der Waals surface area contributed by atoms with Crippen molar-refractivity contribution in [2.45, 2.75) is 277 Å². The van der Waals surface area contributed by atoms with Crippen LogP contribution in [0.5, 0.6) is 0 Å². The zero-order valence-electron chi connectivity index (χ0n) is 38.8. The summed E-state index contributed by atoms with van der Waals surface area (Å²) in [6.07, 6.45) is 53.6. The Bertz CT molecular complexity index is 942. The molecule has 6 nitrogen and oxygen atoms in total. The van der Waals surface area contributed by atoms with Crippen molar-refractivity contribution in [2.75, 3.05) is 13.2 Å². The monoisotopic (exact) mass is 817 g/mol. The second-order valence-corrected chi connectivity index (χ2v) is 17.1. The highest BCUT2D eigenvalue weighted by Crippen LogP contribution is 2.16. The highest BCUT2D eigenvalue weighted by molar-refractivity contribution is 5.71. The van der Waals surface area contributed by atoms with Crippen molar-refractivity contribution < 1.29 is 28.6 Å². The van der Waals surface area contributed by atoms with E-state index in [-0.39, 0.29) is 31.1 Å². The van der Waals surface area contributed by atoms with Gasteiger partial charge in [-0.15, -0.1) is 0 Å². The van der Waals surface area contributed by atoms with Gasteiger partial charge in [0, 0.05) is 19.3 Å². The Labute approximate surface area is 360 Å². The standard InChI is InChI=1S/C52H96O6/c1-4-7-10-13-15-17-19-20-21-22-23-24-25-26-27-28-29-30-31-32-33-35-36-39-42-45-51(54)57-48-49(47-56-50(53)44-41-38-12-9-6-3)58-52(55)46-43-40-37-34-18-16-14-11-8-5-2/h11,14,22-23,49H,4-10,12-13,15-21,24-48H2,1-3H3/b14-11-,23-22-. The van der Waals surface area contributed by atoms with Crippen LogP contribution in [0.15, 0.2) is 24.3 Å². The molecule has 0 amide bonds. The van der Waals surface area contributed by atoms with Crippen LogP contribution in [-0.2, 0) is 28.6 Å². The van der Waals surface area contributed by atoms with Gasteiger partial charge in [0.15, 0.2) is 6.10 Å². The average Bonchev–Trinajstić information content (AvgIpc) is 3.22. The SMILES string of the molecule is CCC/C=C\CCCCCCCC(=O)OC(COC(=O)CCCCCCC)COC(=O)CCCCCCCCCCCCCCC/C=C\CCCCCCCCCC. The molecule has 58 heavy (non-hydrogen) atoms. The topological polar surface area (TPSA) is 78.9 Å². The molecule has 0 aromatic carbocycles. The van der Waals surface area contributed by atoms with Crippen LogP contribution in [0.1, 0.15) is 271 Å². The molecule has 0 saturated carbocycles. The first-order valence-electron chi connectivity index (χ1n) is 25.3. The lowest BCUT2D eigenvalue weighted by molar-refractivity contribution is -0.167. The maximum absolute atomic E-state index is 12.6. The molecular weight excluding hydrogens is 721 g/mol. The summed E-state index contributed by atoms with van der Waals surface area (Å²) >= 11 is 0. The Kier molecular flexibility index (Phi) is 45.8. The van der Waals surface area contributed by atoms with Crippen LogP contribution in [-0.4, -0.2) is 37.2 Å². The van der Waals surface area contributed by atoms with Gasteiger partial charge in [-0.05, 0) is 64.2 Å². The molecule has 0 bridgehead atoms. The van der Waals surface area contributed by atoms with E-state index in [1.165, 1.54) is 148 Å². The average molecular weight is 817 g/mol. The first-order valence-corrected chi connectivity index (χ1v) is 25.3. The number of allylic oxidation sites excluding steroid dienone is 4. The van der Waals surface area contributed by atoms with Crippen LogP contribution < -0.4 is 0 Å². The van der Waals surface area contributed by atoms with E-state index >= 15 is 0 Å². The fourth-order valence-corrected chi connectivity index (χ4v) is 7.32. The number of carbonyl (C=O) groups is 3. The third-order valence-electron chi connectivity index (χ3n) is 11.2. The summed E-state index contributed by atoms with van der Waals surface area (Å²) in [4.78, 5) is 37.5. The summed E-state index contributed by atoms with van der Waals surface area (Å²) in [6, 6.07) is 0. The molecule has 0 aliphatic rings. The molecule has 0 N–H and O–H groups in total. The number of carbonyl (C=O) groups excluding carboxylic acids is 3. The lowest BCUT2D eigenvalue weighted by Crippen LogP contribution is -2.30. The molecule has 0 spiro atoms. The van der Waals surface area contributed by atoms with E-state index < -0.39 is 6.10 Å². The van der Waals surface area contributed by atoms with Gasteiger partial charge in [0.05, 0.1) is 0 Å². The number of unbranched alkanes of at least 4 members (excludes halogenated alkanes) is 31. The molecule has 6 heteroatoms. The Balaban J connectivity index is 3.98. The highest BCUT2D eigenvalue weighted by Gasteiger charge is 2.19. The molecule has 0 fully saturated rings. The number of hydrogen-bond donors (Lipinski definition) is 0. The molecular formula is C52H96O6. The summed E-state index contributed by atoms with van der Waals surface area (Å²) in [5.74, 6) is -0.891. The smallest absolute Gasteiger partial charge is 0.306 e. The minimum Gasteiger partial charge on any atom is -0.462 e. The minimum absolute atomic E-state index is 0.0727. The van der Waals surface area contributed by atoms with Gasteiger partial charge >= 0.3 is 17.9 Å². The van der Waals surface area contributed by atoms with Gasteiger partial charge in [-0.2, -0.15) is 0 Å². The molecule has 0 radical (unpaired) electrons. The molecule has 0 aliphatic carbocycles. The van der Waals surface area contributed by atoms with Crippen molar-refractivity contribution >= 4 is 17.9 Å². The molecule has 1 atom stereocenters. The van der Waals surface area contributed by atoms with Crippen LogP contribution in [0, 0.1) is 0 Å². The van der Waals surface area contributed by atoms with Crippen molar-refractivity contribution in [2.24, 2.45) is 0 Å². The van der Waals surface area contributed by atoms with Crippen molar-refractivity contribution in [3.8, 4) is 0 Å². The first kappa shape index (κ1) is 55.9. The highest BCUT2D eigenvalue weighted by atomic mass is 16.6. The summed E-state index contributed by atoms with van der Waals surface area (Å²) in [5, 5.41) is 0. The van der Waals surface area contributed by atoms with Crippen molar-refractivity contribution in [3.05, 3.63) is 24.3 Å². The normalized spacial score (nSPS) is 12.1. The van der Waals surface area contributed by atoms with Gasteiger partial charge in [0.2, 0.25) is 0 Å². The van der Waals surface area contributed by atoms with E-state index in [0.29, 0.717) is 19.3 Å². The molecule has 0 aliphatic heterocycles. The molecule has 340 valence electrons. The maximum atomic E-state index is 12.6. The molecule has 0 aromatic heterocycles. The quantitative estimate of drug-likeness (QED) is 0.0263. The van der Waals surface area contributed by atoms with Crippen LogP contribution >= 0.6 is 0 Å². The Morgan fingerprint density at radius 3 is 0.931 bits per heavy atom. The van der Waals surface area contributed by atoms with E-state index in [1.807, 2.05) is 0 Å². The summed E-state index contributed by atoms with van der Waals surface area (Å²) in [7, 11) is 0. The largest absolute Gasteiger partial charge is 0.462 e. The lowest BCUT2D eigenvalue weighted by atomic mass is 10.0. The fraction of sp³-hybridized carbons (Fsp3) is 0.865. The Morgan fingerprint density at radius 2 is 0.603 bits per heavy atom. The summed E-state index contributed by atoms with van der Waals surface area (Å²) in [5.41, 5.74) is 0. The lowest BCUT2D eigenvalue weighted by Gasteiger charge is -2.18. The minimum atomic E-state index is -0.767. The van der Waals surface area contributed by atoms with E-state index in [9.17, 15) is 14.4 Å². The molecule has 0 rings (SSSR count). The summed E-state index contributed by atoms with van der Waals surface area (Å²) < 4.78 is 16.6. The number of rotatable bonds is 46. The maximum Gasteiger partial charge on any atom is 0.306 e. The van der Waals surface area contributed by atoms with Crippen molar-refractivity contribution in [1.82, 2.24) is 0 Å². The van der Waals surface area contributed by atoms with Gasteiger partial charge in [-0.3, -0.25) is 14.4 Å². The molecule has 0 saturated heterocycles. The summed E-state index contributed by atoms with van der Waals surface area (Å²) in [6.45, 7) is 6.50. The third kappa shape index (κ3) is 45.0. The van der Waals surface area contributed by atoms with Crippen molar-refractivity contribution in [3.63, 3.8) is 0 Å². The van der Waals surface area contributed by atoms with E-state index in [1.54, 1.807) is 0 Å². The fourth-order valence-electron chi connectivity index (χ4n) is 7.32. The second kappa shape index (κ2) is 47.6. The zero-order chi connectivity index (χ0) is 42.3. The van der Waals surface area contributed by atoms with Crippen LogP contribution in [0.25, 0.3) is 0 Å². The van der Waals surface area contributed by atoms with Gasteiger partial charge in [0.1, 0.15) is 13.2 Å². The van der Waals surface area contributed by atoms with Gasteiger partial charge in [-0.25, -0.2) is 0 Å². The van der Waals surface area contributed by atoms with E-state index in [0.717, 1.165) is 83.5 Å². The van der Waals surface area contributed by atoms with E-state index in [2.05, 4.69) is 45.1 Å². The van der Waals surface area contributed by atoms with Crippen molar-refractivity contribution in [1.29, 1.82) is 0 Å². The second-order valence-electron chi connectivity index (χ2n) is 17.1.